The normalized spacial score (nSPS) is 24.2. The number of unbranched alkanes of at least 4 members (excludes halogenated alkanes) is 1. The summed E-state index contributed by atoms with van der Waals surface area (Å²) in [5.74, 6) is -0.173. The Balaban J connectivity index is 1.29. The molecule has 3 heterocycles. The molecule has 4 rings (SSSR count). The molecule has 0 unspecified atom stereocenters. The lowest BCUT2D eigenvalue weighted by atomic mass is 10.0. The first-order valence-corrected chi connectivity index (χ1v) is 11.5. The van der Waals surface area contributed by atoms with Crippen LogP contribution in [-0.2, 0) is 14.6 Å². The minimum Gasteiger partial charge on any atom is -0.332 e. The van der Waals surface area contributed by atoms with Crippen LogP contribution in [0.25, 0.3) is 5.69 Å². The van der Waals surface area contributed by atoms with E-state index in [4.69, 9.17) is 0 Å². The molecule has 3 atom stereocenters. The van der Waals surface area contributed by atoms with Gasteiger partial charge in [-0.25, -0.2) is 17.9 Å². The summed E-state index contributed by atoms with van der Waals surface area (Å²) in [6, 6.07) is 4.42. The minimum absolute atomic E-state index is 0.0293. The average Bonchev–Trinajstić information content (AvgIpc) is 3.37. The zero-order valence-corrected chi connectivity index (χ0v) is 17.2. The molecule has 160 valence electrons. The number of amides is 3. The number of hydrogen-bond acceptors (Lipinski definition) is 7. The van der Waals surface area contributed by atoms with Gasteiger partial charge in [-0.1, -0.05) is 12.5 Å². The van der Waals surface area contributed by atoms with Gasteiger partial charge >= 0.3 is 6.03 Å². The van der Waals surface area contributed by atoms with E-state index in [-0.39, 0.29) is 36.2 Å². The molecule has 2 aromatic rings. The molecule has 2 aliphatic rings. The number of nitrogens with one attached hydrogen (secondary N) is 3. The van der Waals surface area contributed by atoms with Gasteiger partial charge in [0.05, 0.1) is 28.8 Å². The molecular weight excluding hydrogens is 410 g/mol. The molecule has 2 aliphatic heterocycles. The fraction of sp³-hybridized carbons (Fsp3) is 0.500. The van der Waals surface area contributed by atoms with E-state index in [9.17, 15) is 18.0 Å². The van der Waals surface area contributed by atoms with Crippen LogP contribution in [0.2, 0.25) is 0 Å². The van der Waals surface area contributed by atoms with E-state index < -0.39 is 15.1 Å². The van der Waals surface area contributed by atoms with E-state index in [1.807, 2.05) is 25.1 Å². The molecular formula is C18H23N7O4S. The third-order valence-corrected chi connectivity index (χ3v) is 7.91. The summed E-state index contributed by atoms with van der Waals surface area (Å²) in [5.41, 5.74) is 2.28. The first-order valence-electron chi connectivity index (χ1n) is 9.76. The van der Waals surface area contributed by atoms with Gasteiger partial charge in [0.2, 0.25) is 5.91 Å². The van der Waals surface area contributed by atoms with E-state index in [1.165, 1.54) is 11.0 Å². The van der Waals surface area contributed by atoms with Crippen molar-refractivity contribution in [3.8, 4) is 5.69 Å². The summed E-state index contributed by atoms with van der Waals surface area (Å²) in [5, 5.41) is 18.8. The Bertz CT molecular complexity index is 1050. The highest BCUT2D eigenvalue weighted by Crippen LogP contribution is 2.28. The summed E-state index contributed by atoms with van der Waals surface area (Å²) in [6.45, 7) is 1.87. The van der Waals surface area contributed by atoms with Crippen molar-refractivity contribution in [3.05, 3.63) is 30.1 Å². The van der Waals surface area contributed by atoms with Gasteiger partial charge < -0.3 is 16.0 Å². The lowest BCUT2D eigenvalue weighted by molar-refractivity contribution is -0.116. The molecule has 0 saturated carbocycles. The van der Waals surface area contributed by atoms with Gasteiger partial charge in [0.15, 0.2) is 9.84 Å². The standard InChI is InChI=1S/C18H23N7O4S/c1-11-12(5-4-6-14(11)25-10-19-23-24-25)20-16(26)8-3-2-7-15-17-13(9-30(15,28)29)21-18(27)22-17/h4-6,10,13,15,17H,2-3,7-9H2,1H3,(H,20,26)(H2,21,22,27)/t13-,15+,17+/m0/s1. The summed E-state index contributed by atoms with van der Waals surface area (Å²) < 4.78 is 26.2. The number of aromatic nitrogens is 4. The number of carbonyl (C=O) groups excluding carboxylic acids is 2. The molecule has 0 aliphatic carbocycles. The molecule has 1 aromatic heterocycles. The van der Waals surface area contributed by atoms with Crippen LogP contribution in [0.5, 0.6) is 0 Å². The Morgan fingerprint density at radius 2 is 2.13 bits per heavy atom. The number of tetrazole rings is 1. The smallest absolute Gasteiger partial charge is 0.315 e. The maximum atomic E-state index is 12.4. The number of carbonyl (C=O) groups is 2. The topological polar surface area (TPSA) is 148 Å². The molecule has 12 heteroatoms. The molecule has 2 saturated heterocycles. The van der Waals surface area contributed by atoms with Gasteiger partial charge in [-0.3, -0.25) is 4.79 Å². The van der Waals surface area contributed by atoms with Crippen LogP contribution in [0.3, 0.4) is 0 Å². The number of fused-ring (bicyclic) bond motifs is 1. The van der Waals surface area contributed by atoms with Gasteiger partial charge in [-0.05, 0) is 47.9 Å². The first kappa shape index (κ1) is 20.3. The monoisotopic (exact) mass is 433 g/mol. The van der Waals surface area contributed by atoms with Gasteiger partial charge in [0.1, 0.15) is 6.33 Å². The van der Waals surface area contributed by atoms with Gasteiger partial charge in [-0.15, -0.1) is 5.10 Å². The zero-order chi connectivity index (χ0) is 21.3. The Morgan fingerprint density at radius 1 is 1.30 bits per heavy atom. The predicted octanol–water partition coefficient (Wildman–Crippen LogP) is 0.317. The molecule has 0 radical (unpaired) electrons. The molecule has 30 heavy (non-hydrogen) atoms. The van der Waals surface area contributed by atoms with Crippen LogP contribution in [0.15, 0.2) is 24.5 Å². The predicted molar refractivity (Wildman–Crippen MR) is 108 cm³/mol. The second kappa shape index (κ2) is 8.01. The van der Waals surface area contributed by atoms with Crippen molar-refractivity contribution in [2.75, 3.05) is 11.1 Å². The van der Waals surface area contributed by atoms with Gasteiger partial charge in [-0.2, -0.15) is 0 Å². The van der Waals surface area contributed by atoms with Crippen molar-refractivity contribution in [2.24, 2.45) is 0 Å². The largest absolute Gasteiger partial charge is 0.332 e. The summed E-state index contributed by atoms with van der Waals surface area (Å²) in [4.78, 5) is 23.8. The minimum atomic E-state index is -3.25. The van der Waals surface area contributed by atoms with Crippen molar-refractivity contribution in [2.45, 2.75) is 49.9 Å². The Morgan fingerprint density at radius 3 is 2.90 bits per heavy atom. The highest BCUT2D eigenvalue weighted by Gasteiger charge is 2.51. The third-order valence-electron chi connectivity index (χ3n) is 5.64. The fourth-order valence-electron chi connectivity index (χ4n) is 4.13. The summed E-state index contributed by atoms with van der Waals surface area (Å²) >= 11 is 0. The fourth-order valence-corrected chi connectivity index (χ4v) is 6.40. The molecule has 11 nitrogen and oxygen atoms in total. The zero-order valence-electron chi connectivity index (χ0n) is 16.4. The second-order valence-corrected chi connectivity index (χ2v) is 9.88. The Labute approximate surface area is 173 Å². The molecule has 3 N–H and O–H groups in total. The lowest BCUT2D eigenvalue weighted by Gasteiger charge is -2.16. The van der Waals surface area contributed by atoms with E-state index in [2.05, 4.69) is 31.5 Å². The van der Waals surface area contributed by atoms with Crippen molar-refractivity contribution in [1.29, 1.82) is 0 Å². The number of nitrogens with zero attached hydrogens (tertiary/aromatic N) is 4. The van der Waals surface area contributed by atoms with Crippen LogP contribution in [-0.4, -0.2) is 63.6 Å². The Kier molecular flexibility index (Phi) is 5.41. The number of sulfone groups is 1. The number of anilines is 1. The highest BCUT2D eigenvalue weighted by molar-refractivity contribution is 7.92. The van der Waals surface area contributed by atoms with Crippen LogP contribution in [0.4, 0.5) is 10.5 Å². The molecule has 0 spiro atoms. The van der Waals surface area contributed by atoms with E-state index in [1.54, 1.807) is 0 Å². The number of hydrogen-bond donors (Lipinski definition) is 3. The van der Waals surface area contributed by atoms with Crippen molar-refractivity contribution in [3.63, 3.8) is 0 Å². The second-order valence-electron chi connectivity index (χ2n) is 7.62. The van der Waals surface area contributed by atoms with E-state index in [0.717, 1.165) is 11.3 Å². The van der Waals surface area contributed by atoms with Crippen molar-refractivity contribution >= 4 is 27.5 Å². The van der Waals surface area contributed by atoms with Crippen LogP contribution in [0.1, 0.15) is 31.2 Å². The summed E-state index contributed by atoms with van der Waals surface area (Å²) in [7, 11) is -3.25. The maximum absolute atomic E-state index is 12.4. The number of benzene rings is 1. The average molecular weight is 433 g/mol. The SMILES string of the molecule is Cc1c(NC(=O)CCCC[C@@H]2[C@@H]3NC(=O)N[C@H]3CS2(=O)=O)cccc1-n1cnnn1. The molecule has 3 amide bonds. The first-order chi connectivity index (χ1) is 14.3. The van der Waals surface area contributed by atoms with Crippen molar-refractivity contribution in [1.82, 2.24) is 30.8 Å². The molecule has 0 bridgehead atoms. The number of urea groups is 1. The van der Waals surface area contributed by atoms with Gasteiger partial charge in [0, 0.05) is 12.1 Å². The Hall–Kier alpha value is -3.02. The third kappa shape index (κ3) is 3.99. The van der Waals surface area contributed by atoms with Crippen LogP contribution < -0.4 is 16.0 Å². The van der Waals surface area contributed by atoms with Crippen LogP contribution >= 0.6 is 0 Å². The molecule has 1 aromatic carbocycles. The van der Waals surface area contributed by atoms with E-state index in [0.29, 0.717) is 24.9 Å². The van der Waals surface area contributed by atoms with Gasteiger partial charge in [0.25, 0.3) is 0 Å². The van der Waals surface area contributed by atoms with Crippen molar-refractivity contribution < 1.29 is 18.0 Å². The quantitative estimate of drug-likeness (QED) is 0.420. The lowest BCUT2D eigenvalue weighted by Crippen LogP contribution is -2.39. The highest BCUT2D eigenvalue weighted by atomic mass is 32.2. The number of rotatable bonds is 7. The van der Waals surface area contributed by atoms with Crippen LogP contribution in [0, 0.1) is 6.92 Å². The van der Waals surface area contributed by atoms with E-state index >= 15 is 0 Å². The summed E-state index contributed by atoms with van der Waals surface area (Å²) in [6.07, 6.45) is 3.33. The molecule has 2 fully saturated rings. The maximum Gasteiger partial charge on any atom is 0.315 e.